The molecule has 0 aliphatic heterocycles. The number of nitrogens with one attached hydrogen (secondary N) is 1. The van der Waals surface area contributed by atoms with E-state index in [9.17, 15) is 4.79 Å². The van der Waals surface area contributed by atoms with Crippen molar-refractivity contribution in [3.63, 3.8) is 0 Å². The number of benzene rings is 1. The Morgan fingerprint density at radius 1 is 1.32 bits per heavy atom. The third-order valence-corrected chi connectivity index (χ3v) is 3.70. The first-order valence-corrected chi connectivity index (χ1v) is 6.93. The number of carbonyl (C=O) groups is 1. The molecular weight excluding hydrogens is 258 g/mol. The van der Waals surface area contributed by atoms with Gasteiger partial charge in [0.1, 0.15) is 5.01 Å². The van der Waals surface area contributed by atoms with Crippen molar-refractivity contribution in [1.82, 2.24) is 9.88 Å². The van der Waals surface area contributed by atoms with Gasteiger partial charge in [-0.25, -0.2) is 4.98 Å². The van der Waals surface area contributed by atoms with Crippen LogP contribution in [0, 0.1) is 0 Å². The van der Waals surface area contributed by atoms with E-state index < -0.39 is 0 Å². The summed E-state index contributed by atoms with van der Waals surface area (Å²) in [4.78, 5) is 17.6. The van der Waals surface area contributed by atoms with Gasteiger partial charge in [-0.3, -0.25) is 4.79 Å². The zero-order valence-electron chi connectivity index (χ0n) is 11.3. The molecule has 0 saturated heterocycles. The Hall–Kier alpha value is -1.88. The zero-order chi connectivity index (χ0) is 13.8. The molecule has 19 heavy (non-hydrogen) atoms. The van der Waals surface area contributed by atoms with Crippen LogP contribution >= 0.6 is 11.3 Å². The monoisotopic (exact) mass is 275 g/mol. The topological polar surface area (TPSA) is 45.2 Å². The zero-order valence-corrected chi connectivity index (χ0v) is 12.1. The number of thiazole rings is 1. The van der Waals surface area contributed by atoms with Crippen LogP contribution in [-0.2, 0) is 0 Å². The summed E-state index contributed by atoms with van der Waals surface area (Å²) in [6.07, 6.45) is 1.80. The first-order chi connectivity index (χ1) is 9.08. The lowest BCUT2D eigenvalue weighted by molar-refractivity contribution is 0.0827. The molecule has 4 nitrogen and oxygen atoms in total. The lowest BCUT2D eigenvalue weighted by Crippen LogP contribution is -2.21. The highest BCUT2D eigenvalue weighted by Crippen LogP contribution is 2.21. The van der Waals surface area contributed by atoms with E-state index in [1.165, 1.54) is 0 Å². The first-order valence-electron chi connectivity index (χ1n) is 6.05. The summed E-state index contributed by atoms with van der Waals surface area (Å²) in [6.45, 7) is 2.07. The molecule has 0 aliphatic carbocycles. The maximum absolute atomic E-state index is 11.8. The van der Waals surface area contributed by atoms with Crippen LogP contribution in [0.4, 0.5) is 5.69 Å². The summed E-state index contributed by atoms with van der Waals surface area (Å²) in [6, 6.07) is 7.66. The van der Waals surface area contributed by atoms with E-state index in [1.54, 1.807) is 36.5 Å². The lowest BCUT2D eigenvalue weighted by Gasteiger charge is -2.14. The van der Waals surface area contributed by atoms with Crippen LogP contribution in [-0.4, -0.2) is 29.9 Å². The summed E-state index contributed by atoms with van der Waals surface area (Å²) in [7, 11) is 3.50. The standard InChI is InChI=1S/C14H17N3OS/c1-10(13-15-8-9-19-13)16-12-6-4-11(5-7-12)14(18)17(2)3/h4-10,16H,1-3H3. The summed E-state index contributed by atoms with van der Waals surface area (Å²) in [5.74, 6) is 0.0134. The Balaban J connectivity index is 2.05. The van der Waals surface area contributed by atoms with Crippen LogP contribution in [0.5, 0.6) is 0 Å². The van der Waals surface area contributed by atoms with Gasteiger partial charge >= 0.3 is 0 Å². The van der Waals surface area contributed by atoms with Crippen LogP contribution < -0.4 is 5.32 Å². The molecule has 100 valence electrons. The molecule has 1 amide bonds. The number of anilines is 1. The Morgan fingerprint density at radius 2 is 2.00 bits per heavy atom. The molecule has 0 fully saturated rings. The predicted octanol–water partition coefficient (Wildman–Crippen LogP) is 3.02. The van der Waals surface area contributed by atoms with E-state index >= 15 is 0 Å². The largest absolute Gasteiger partial charge is 0.376 e. The first kappa shape index (κ1) is 13.5. The van der Waals surface area contributed by atoms with Gasteiger partial charge in [0.2, 0.25) is 0 Å². The van der Waals surface area contributed by atoms with Crippen molar-refractivity contribution in [3.8, 4) is 0 Å². The van der Waals surface area contributed by atoms with Crippen molar-refractivity contribution < 1.29 is 4.79 Å². The molecule has 1 heterocycles. The molecule has 0 spiro atoms. The summed E-state index contributed by atoms with van der Waals surface area (Å²) in [5.41, 5.74) is 1.68. The normalized spacial score (nSPS) is 11.9. The molecular formula is C14H17N3OS. The number of hydrogen-bond donors (Lipinski definition) is 1. The molecule has 0 radical (unpaired) electrons. The van der Waals surface area contributed by atoms with E-state index in [-0.39, 0.29) is 11.9 Å². The van der Waals surface area contributed by atoms with Gasteiger partial charge in [0, 0.05) is 36.9 Å². The average molecular weight is 275 g/mol. The Kier molecular flexibility index (Phi) is 4.16. The molecule has 1 atom stereocenters. The van der Waals surface area contributed by atoms with Gasteiger partial charge in [0.25, 0.3) is 5.91 Å². The Labute approximate surface area is 117 Å². The molecule has 1 aromatic heterocycles. The van der Waals surface area contributed by atoms with Crippen LogP contribution in [0.25, 0.3) is 0 Å². The molecule has 2 aromatic rings. The van der Waals surface area contributed by atoms with E-state index in [4.69, 9.17) is 0 Å². The molecule has 0 saturated carbocycles. The quantitative estimate of drug-likeness (QED) is 0.933. The van der Waals surface area contributed by atoms with E-state index in [0.717, 1.165) is 10.7 Å². The molecule has 0 aliphatic rings. The van der Waals surface area contributed by atoms with Crippen molar-refractivity contribution in [1.29, 1.82) is 0 Å². The van der Waals surface area contributed by atoms with Crippen molar-refractivity contribution in [2.24, 2.45) is 0 Å². The Bertz CT molecular complexity index is 534. The van der Waals surface area contributed by atoms with Gasteiger partial charge in [-0.15, -0.1) is 11.3 Å². The fourth-order valence-electron chi connectivity index (χ4n) is 1.73. The van der Waals surface area contributed by atoms with Gasteiger partial charge in [-0.05, 0) is 31.2 Å². The highest BCUT2D eigenvalue weighted by atomic mass is 32.1. The summed E-state index contributed by atoms with van der Waals surface area (Å²) >= 11 is 1.63. The maximum atomic E-state index is 11.8. The van der Waals surface area contributed by atoms with Gasteiger partial charge < -0.3 is 10.2 Å². The second-order valence-corrected chi connectivity index (χ2v) is 5.44. The minimum absolute atomic E-state index is 0.0134. The average Bonchev–Trinajstić information content (AvgIpc) is 2.92. The summed E-state index contributed by atoms with van der Waals surface area (Å²) < 4.78 is 0. The summed E-state index contributed by atoms with van der Waals surface area (Å²) in [5, 5.41) is 6.38. The van der Waals surface area contributed by atoms with Crippen molar-refractivity contribution in [2.45, 2.75) is 13.0 Å². The highest BCUT2D eigenvalue weighted by molar-refractivity contribution is 7.09. The highest BCUT2D eigenvalue weighted by Gasteiger charge is 2.10. The number of carbonyl (C=O) groups excluding carboxylic acids is 1. The van der Waals surface area contributed by atoms with Gasteiger partial charge in [-0.2, -0.15) is 0 Å². The fraction of sp³-hybridized carbons (Fsp3) is 0.286. The van der Waals surface area contributed by atoms with Crippen LogP contribution in [0.1, 0.15) is 28.3 Å². The third kappa shape index (κ3) is 3.32. The van der Waals surface area contributed by atoms with Crippen LogP contribution in [0.2, 0.25) is 0 Å². The van der Waals surface area contributed by atoms with Crippen LogP contribution in [0.15, 0.2) is 35.8 Å². The molecule has 0 bridgehead atoms. The molecule has 1 unspecified atom stereocenters. The van der Waals surface area contributed by atoms with E-state index in [2.05, 4.69) is 17.2 Å². The SMILES string of the molecule is CC(Nc1ccc(C(=O)N(C)C)cc1)c1nccs1. The third-order valence-electron chi connectivity index (χ3n) is 2.74. The smallest absolute Gasteiger partial charge is 0.253 e. The minimum atomic E-state index is 0.0134. The second-order valence-electron chi connectivity index (χ2n) is 4.51. The van der Waals surface area contributed by atoms with Crippen LogP contribution in [0.3, 0.4) is 0 Å². The van der Waals surface area contributed by atoms with Gasteiger partial charge in [0.15, 0.2) is 0 Å². The van der Waals surface area contributed by atoms with Crippen molar-refractivity contribution in [3.05, 3.63) is 46.4 Å². The molecule has 1 N–H and O–H groups in total. The van der Waals surface area contributed by atoms with Gasteiger partial charge in [-0.1, -0.05) is 0 Å². The molecule has 1 aromatic carbocycles. The lowest BCUT2D eigenvalue weighted by atomic mass is 10.2. The fourth-order valence-corrected chi connectivity index (χ4v) is 2.37. The van der Waals surface area contributed by atoms with Gasteiger partial charge in [0.05, 0.1) is 6.04 Å². The molecule has 2 rings (SSSR count). The maximum Gasteiger partial charge on any atom is 0.253 e. The minimum Gasteiger partial charge on any atom is -0.376 e. The van der Waals surface area contributed by atoms with E-state index in [1.807, 2.05) is 29.6 Å². The number of amides is 1. The number of rotatable bonds is 4. The molecule has 5 heteroatoms. The van der Waals surface area contributed by atoms with E-state index in [0.29, 0.717) is 5.56 Å². The second kappa shape index (κ2) is 5.84. The van der Waals surface area contributed by atoms with Crippen molar-refractivity contribution >= 4 is 22.9 Å². The number of hydrogen-bond acceptors (Lipinski definition) is 4. The number of aromatic nitrogens is 1. The predicted molar refractivity (Wildman–Crippen MR) is 78.6 cm³/mol. The number of nitrogens with zero attached hydrogens (tertiary/aromatic N) is 2. The Morgan fingerprint density at radius 3 is 2.53 bits per heavy atom. The van der Waals surface area contributed by atoms with Crippen molar-refractivity contribution in [2.75, 3.05) is 19.4 Å².